The monoisotopic (exact) mass is 588 g/mol. The fraction of sp³-hybridized carbons (Fsp3) is 0.367. The summed E-state index contributed by atoms with van der Waals surface area (Å²) in [6.07, 6.45) is -3.84. The molecule has 1 fully saturated rings. The number of halogens is 4. The molecule has 3 aromatic rings. The van der Waals surface area contributed by atoms with E-state index in [1.54, 1.807) is 6.92 Å². The average Bonchev–Trinajstić information content (AvgIpc) is 2.88. The van der Waals surface area contributed by atoms with Crippen molar-refractivity contribution in [2.75, 3.05) is 38.1 Å². The predicted octanol–water partition coefficient (Wildman–Crippen LogP) is 4.85. The number of ether oxygens (including phenoxy) is 1. The molecule has 0 radical (unpaired) electrons. The molecule has 2 aromatic carbocycles. The molecule has 0 atom stereocenters. The molecule has 0 saturated carbocycles. The topological polar surface area (TPSA) is 104 Å². The van der Waals surface area contributed by atoms with Gasteiger partial charge in [-0.15, -0.1) is 0 Å². The van der Waals surface area contributed by atoms with Crippen molar-refractivity contribution in [1.29, 1.82) is 0 Å². The van der Waals surface area contributed by atoms with Gasteiger partial charge in [-0.05, 0) is 47.7 Å². The normalized spacial score (nSPS) is 14.6. The van der Waals surface area contributed by atoms with Gasteiger partial charge in [0, 0.05) is 55.3 Å². The minimum atomic E-state index is -4.76. The standard InChI is InChI=1S/C30H32F4N4O4/c1-4-42-25-14-26(39)36-15-23(25)18-5-6-19(24(31)11-18)12-27(40)37-22-10-20(9-21(13-22)30(32,33)34)28(41)35-7-8-38-16-29(2,3)17-38/h5-6,9-11,13-15H,4,7-8,12,16-17H2,1-3H3,(H,35,41)(H,36,39)(H,37,40). The number of likely N-dealkylation sites (tertiary alicyclic amines) is 1. The highest BCUT2D eigenvalue weighted by molar-refractivity contribution is 5.98. The number of alkyl halides is 3. The Morgan fingerprint density at radius 2 is 1.83 bits per heavy atom. The maximum Gasteiger partial charge on any atom is 0.416 e. The molecule has 0 aliphatic carbocycles. The Morgan fingerprint density at radius 3 is 2.48 bits per heavy atom. The number of aromatic amines is 1. The van der Waals surface area contributed by atoms with Crippen LogP contribution in [0.1, 0.15) is 42.3 Å². The molecular weight excluding hydrogens is 556 g/mol. The molecule has 0 bridgehead atoms. The quantitative estimate of drug-likeness (QED) is 0.294. The summed E-state index contributed by atoms with van der Waals surface area (Å²) in [5, 5.41) is 4.98. The van der Waals surface area contributed by atoms with E-state index >= 15 is 0 Å². The number of carbonyl (C=O) groups excluding carboxylic acids is 2. The first kappa shape index (κ1) is 30.8. The van der Waals surface area contributed by atoms with Crippen molar-refractivity contribution in [3.05, 3.63) is 81.5 Å². The number of rotatable bonds is 10. The van der Waals surface area contributed by atoms with E-state index in [9.17, 15) is 31.9 Å². The van der Waals surface area contributed by atoms with Crippen LogP contribution in [0.15, 0.2) is 53.5 Å². The molecule has 4 rings (SSSR count). The van der Waals surface area contributed by atoms with Crippen LogP contribution in [0.5, 0.6) is 5.75 Å². The summed E-state index contributed by atoms with van der Waals surface area (Å²) in [6.45, 7) is 8.83. The number of aromatic nitrogens is 1. The van der Waals surface area contributed by atoms with Gasteiger partial charge < -0.3 is 25.3 Å². The van der Waals surface area contributed by atoms with E-state index in [-0.39, 0.29) is 46.7 Å². The number of nitrogens with zero attached hydrogens (tertiary/aromatic N) is 1. The van der Waals surface area contributed by atoms with Gasteiger partial charge in [-0.1, -0.05) is 26.0 Å². The van der Waals surface area contributed by atoms with Gasteiger partial charge in [0.15, 0.2) is 0 Å². The fourth-order valence-corrected chi connectivity index (χ4v) is 4.94. The number of anilines is 1. The summed E-state index contributed by atoms with van der Waals surface area (Å²) < 4.78 is 61.2. The van der Waals surface area contributed by atoms with E-state index < -0.39 is 35.8 Å². The molecule has 1 aliphatic heterocycles. The van der Waals surface area contributed by atoms with Crippen molar-refractivity contribution in [2.24, 2.45) is 5.41 Å². The zero-order valence-electron chi connectivity index (χ0n) is 23.5. The molecule has 1 saturated heterocycles. The lowest BCUT2D eigenvalue weighted by atomic mass is 9.84. The van der Waals surface area contributed by atoms with Crippen LogP contribution in [0.2, 0.25) is 0 Å². The largest absolute Gasteiger partial charge is 0.493 e. The SMILES string of the molecule is CCOc1cc(=O)[nH]cc1-c1ccc(CC(=O)Nc2cc(C(=O)NCCN3CC(C)(C)C3)cc(C(F)(F)F)c2)c(F)c1. The van der Waals surface area contributed by atoms with Crippen LogP contribution in [0.3, 0.4) is 0 Å². The van der Waals surface area contributed by atoms with Crippen molar-refractivity contribution in [2.45, 2.75) is 33.4 Å². The smallest absolute Gasteiger partial charge is 0.416 e. The lowest BCUT2D eigenvalue weighted by Crippen LogP contribution is -2.54. The number of benzene rings is 2. The van der Waals surface area contributed by atoms with Crippen LogP contribution in [0.4, 0.5) is 23.2 Å². The molecule has 42 heavy (non-hydrogen) atoms. The van der Waals surface area contributed by atoms with Gasteiger partial charge in [0.1, 0.15) is 11.6 Å². The van der Waals surface area contributed by atoms with E-state index in [1.807, 2.05) is 0 Å². The molecule has 2 heterocycles. The first-order chi connectivity index (χ1) is 19.7. The van der Waals surface area contributed by atoms with Crippen LogP contribution in [-0.4, -0.2) is 54.5 Å². The third kappa shape index (κ3) is 7.75. The maximum absolute atomic E-state index is 15.0. The summed E-state index contributed by atoms with van der Waals surface area (Å²) >= 11 is 0. The molecule has 12 heteroatoms. The summed E-state index contributed by atoms with van der Waals surface area (Å²) in [5.41, 5.74) is -0.949. The van der Waals surface area contributed by atoms with E-state index in [0.717, 1.165) is 31.3 Å². The molecule has 1 aromatic heterocycles. The second-order valence-electron chi connectivity index (χ2n) is 11.0. The number of H-pyrrole nitrogens is 1. The number of carbonyl (C=O) groups is 2. The third-order valence-electron chi connectivity index (χ3n) is 6.72. The summed E-state index contributed by atoms with van der Waals surface area (Å²) in [7, 11) is 0. The molecular formula is C30H32F4N4O4. The van der Waals surface area contributed by atoms with E-state index in [0.29, 0.717) is 17.7 Å². The first-order valence-corrected chi connectivity index (χ1v) is 13.4. The van der Waals surface area contributed by atoms with E-state index in [1.165, 1.54) is 30.5 Å². The fourth-order valence-electron chi connectivity index (χ4n) is 4.94. The van der Waals surface area contributed by atoms with Gasteiger partial charge in [0.25, 0.3) is 11.5 Å². The third-order valence-corrected chi connectivity index (χ3v) is 6.72. The highest BCUT2D eigenvalue weighted by atomic mass is 19.4. The number of hydrogen-bond acceptors (Lipinski definition) is 5. The highest BCUT2D eigenvalue weighted by Gasteiger charge is 2.34. The van der Waals surface area contributed by atoms with Gasteiger partial charge in [-0.2, -0.15) is 13.2 Å². The molecule has 224 valence electrons. The van der Waals surface area contributed by atoms with E-state index in [4.69, 9.17) is 4.74 Å². The van der Waals surface area contributed by atoms with Crippen molar-refractivity contribution in [1.82, 2.24) is 15.2 Å². The zero-order valence-corrected chi connectivity index (χ0v) is 23.5. The van der Waals surface area contributed by atoms with Gasteiger partial charge in [-0.3, -0.25) is 14.4 Å². The molecule has 2 amide bonds. The first-order valence-electron chi connectivity index (χ1n) is 13.4. The molecule has 0 unspecified atom stereocenters. The minimum absolute atomic E-state index is 0.00208. The Hall–Kier alpha value is -4.19. The van der Waals surface area contributed by atoms with Crippen LogP contribution < -0.4 is 20.9 Å². The summed E-state index contributed by atoms with van der Waals surface area (Å²) in [4.78, 5) is 41.7. The van der Waals surface area contributed by atoms with Crippen LogP contribution in [0.25, 0.3) is 11.1 Å². The van der Waals surface area contributed by atoms with Crippen molar-refractivity contribution >= 4 is 17.5 Å². The maximum atomic E-state index is 15.0. The van der Waals surface area contributed by atoms with Crippen LogP contribution in [-0.2, 0) is 17.4 Å². The zero-order chi connectivity index (χ0) is 30.7. The Bertz CT molecular complexity index is 1530. The number of pyridine rings is 1. The van der Waals surface area contributed by atoms with Crippen LogP contribution >= 0.6 is 0 Å². The molecule has 3 N–H and O–H groups in total. The Labute approximate surface area is 240 Å². The molecule has 0 spiro atoms. The number of nitrogens with one attached hydrogen (secondary N) is 3. The highest BCUT2D eigenvalue weighted by Crippen LogP contribution is 2.33. The van der Waals surface area contributed by atoms with Crippen molar-refractivity contribution in [3.8, 4) is 16.9 Å². The Morgan fingerprint density at radius 1 is 1.10 bits per heavy atom. The second kappa shape index (κ2) is 12.4. The Kier molecular flexibility index (Phi) is 9.05. The van der Waals surface area contributed by atoms with Crippen molar-refractivity contribution in [3.63, 3.8) is 0 Å². The van der Waals surface area contributed by atoms with Gasteiger partial charge >= 0.3 is 6.18 Å². The Balaban J connectivity index is 1.45. The lowest BCUT2D eigenvalue weighted by molar-refractivity contribution is -0.137. The van der Waals surface area contributed by atoms with Gasteiger partial charge in [-0.25, -0.2) is 4.39 Å². The van der Waals surface area contributed by atoms with Gasteiger partial charge in [0.05, 0.1) is 18.6 Å². The predicted molar refractivity (Wildman–Crippen MR) is 150 cm³/mol. The van der Waals surface area contributed by atoms with Gasteiger partial charge in [0.2, 0.25) is 5.91 Å². The van der Waals surface area contributed by atoms with E-state index in [2.05, 4.69) is 34.4 Å². The number of hydrogen-bond donors (Lipinski definition) is 3. The summed E-state index contributed by atoms with van der Waals surface area (Å²) in [6, 6.07) is 7.93. The molecule has 1 aliphatic rings. The van der Waals surface area contributed by atoms with Crippen molar-refractivity contribution < 1.29 is 31.9 Å². The second-order valence-corrected chi connectivity index (χ2v) is 11.0. The molecule has 8 nitrogen and oxygen atoms in total. The lowest BCUT2D eigenvalue weighted by Gasteiger charge is -2.45. The van der Waals surface area contributed by atoms with Crippen LogP contribution in [0, 0.1) is 11.2 Å². The number of amides is 2. The summed E-state index contributed by atoms with van der Waals surface area (Å²) in [5.74, 6) is -1.94. The average molecular weight is 589 g/mol. The minimum Gasteiger partial charge on any atom is -0.493 e.